The Labute approximate surface area is 125 Å². The van der Waals surface area contributed by atoms with Crippen molar-refractivity contribution in [2.24, 2.45) is 5.92 Å². The van der Waals surface area contributed by atoms with Crippen molar-refractivity contribution in [1.29, 1.82) is 0 Å². The molecule has 1 N–H and O–H groups in total. The molecule has 1 rings (SSSR count). The Bertz CT molecular complexity index is 485. The summed E-state index contributed by atoms with van der Waals surface area (Å²) in [7, 11) is -3.40. The molecule has 0 saturated carbocycles. The molecule has 3 nitrogen and oxygen atoms in total. The predicted octanol–water partition coefficient (Wildman–Crippen LogP) is 3.68. The largest absolute Gasteiger partial charge is 0.240 e. The van der Waals surface area contributed by atoms with Crippen LogP contribution in [0.1, 0.15) is 39.2 Å². The zero-order chi connectivity index (χ0) is 14.5. The van der Waals surface area contributed by atoms with Gasteiger partial charge in [0, 0.05) is 11.4 Å². The summed E-state index contributed by atoms with van der Waals surface area (Å²) in [6.45, 7) is 6.16. The van der Waals surface area contributed by atoms with Gasteiger partial charge in [0.25, 0.3) is 0 Å². The van der Waals surface area contributed by atoms with E-state index in [1.165, 1.54) is 0 Å². The van der Waals surface area contributed by atoms with Crippen molar-refractivity contribution >= 4 is 26.0 Å². The minimum atomic E-state index is -3.40. The fourth-order valence-electron chi connectivity index (χ4n) is 1.91. The van der Waals surface area contributed by atoms with E-state index in [4.69, 9.17) is 0 Å². The third kappa shape index (κ3) is 5.24. The molecule has 0 aliphatic heterocycles. The lowest BCUT2D eigenvalue weighted by molar-refractivity contribution is 0.445. The first-order valence-corrected chi connectivity index (χ1v) is 9.16. The molecule has 5 heteroatoms. The van der Waals surface area contributed by atoms with Crippen LogP contribution in [0.15, 0.2) is 29.2 Å². The fraction of sp³-hybridized carbons (Fsp3) is 0.571. The van der Waals surface area contributed by atoms with Gasteiger partial charge in [0.2, 0.25) is 10.0 Å². The van der Waals surface area contributed by atoms with Crippen LogP contribution in [-0.2, 0) is 15.4 Å². The van der Waals surface area contributed by atoms with E-state index in [1.54, 1.807) is 12.1 Å². The van der Waals surface area contributed by atoms with E-state index in [-0.39, 0.29) is 6.04 Å². The Hall–Kier alpha value is -0.390. The summed E-state index contributed by atoms with van der Waals surface area (Å²) in [6, 6.07) is 6.89. The van der Waals surface area contributed by atoms with Crippen LogP contribution in [0.5, 0.6) is 0 Å². The van der Waals surface area contributed by atoms with Crippen molar-refractivity contribution in [2.75, 3.05) is 0 Å². The van der Waals surface area contributed by atoms with E-state index in [0.717, 1.165) is 23.7 Å². The molecule has 0 spiro atoms. The van der Waals surface area contributed by atoms with Crippen molar-refractivity contribution in [3.63, 3.8) is 0 Å². The van der Waals surface area contributed by atoms with Crippen LogP contribution in [0, 0.1) is 5.92 Å². The maximum atomic E-state index is 12.2. The molecule has 1 aromatic rings. The van der Waals surface area contributed by atoms with E-state index in [2.05, 4.69) is 34.5 Å². The number of halogens is 1. The summed E-state index contributed by atoms with van der Waals surface area (Å²) >= 11 is 3.34. The van der Waals surface area contributed by atoms with Crippen molar-refractivity contribution in [2.45, 2.75) is 49.9 Å². The van der Waals surface area contributed by atoms with E-state index in [1.807, 2.05) is 19.1 Å². The van der Waals surface area contributed by atoms with Crippen molar-refractivity contribution < 1.29 is 8.42 Å². The molecule has 2 unspecified atom stereocenters. The summed E-state index contributed by atoms with van der Waals surface area (Å²) in [4.78, 5) is 0.327. The van der Waals surface area contributed by atoms with Crippen molar-refractivity contribution in [3.05, 3.63) is 29.8 Å². The fourth-order valence-corrected chi connectivity index (χ4v) is 3.54. The Balaban J connectivity index is 2.74. The molecule has 0 aliphatic rings. The minimum absolute atomic E-state index is 0.0456. The zero-order valence-electron chi connectivity index (χ0n) is 11.7. The molecule has 0 saturated heterocycles. The first-order valence-electron chi connectivity index (χ1n) is 6.56. The number of hydrogen-bond donors (Lipinski definition) is 1. The molecule has 0 fully saturated rings. The average molecular weight is 348 g/mol. The van der Waals surface area contributed by atoms with Crippen molar-refractivity contribution in [3.8, 4) is 0 Å². The second kappa shape index (κ2) is 7.41. The third-order valence-corrected chi connectivity index (χ3v) is 5.45. The Morgan fingerprint density at radius 2 is 1.79 bits per heavy atom. The molecular weight excluding hydrogens is 326 g/mol. The van der Waals surface area contributed by atoms with Gasteiger partial charge in [-0.2, -0.15) is 0 Å². The lowest BCUT2D eigenvalue weighted by Crippen LogP contribution is -2.33. The Morgan fingerprint density at radius 1 is 1.21 bits per heavy atom. The van der Waals surface area contributed by atoms with Gasteiger partial charge in [-0.1, -0.05) is 48.3 Å². The monoisotopic (exact) mass is 347 g/mol. The number of nitrogens with one attached hydrogen (secondary N) is 1. The lowest BCUT2D eigenvalue weighted by Gasteiger charge is -2.17. The average Bonchev–Trinajstić information content (AvgIpc) is 2.37. The number of benzene rings is 1. The number of alkyl halides is 1. The van der Waals surface area contributed by atoms with Crippen LogP contribution >= 0.6 is 15.9 Å². The van der Waals surface area contributed by atoms with Gasteiger partial charge in [-0.25, -0.2) is 13.1 Å². The topological polar surface area (TPSA) is 46.2 Å². The maximum absolute atomic E-state index is 12.2. The van der Waals surface area contributed by atoms with Gasteiger partial charge in [-0.05, 0) is 37.0 Å². The normalized spacial score (nSPS) is 15.2. The SMILES string of the molecule is CCC(C)CC(C)NS(=O)(=O)c1ccc(CBr)cc1. The smallest absolute Gasteiger partial charge is 0.208 e. The predicted molar refractivity (Wildman–Crippen MR) is 82.9 cm³/mol. The van der Waals surface area contributed by atoms with Crippen LogP contribution in [-0.4, -0.2) is 14.5 Å². The van der Waals surface area contributed by atoms with E-state index < -0.39 is 10.0 Å². The zero-order valence-corrected chi connectivity index (χ0v) is 14.1. The van der Waals surface area contributed by atoms with Gasteiger partial charge in [-0.15, -0.1) is 0 Å². The third-order valence-electron chi connectivity index (χ3n) is 3.20. The first kappa shape index (κ1) is 16.7. The molecule has 0 radical (unpaired) electrons. The molecule has 19 heavy (non-hydrogen) atoms. The Morgan fingerprint density at radius 3 is 2.26 bits per heavy atom. The van der Waals surface area contributed by atoms with Gasteiger partial charge >= 0.3 is 0 Å². The summed E-state index contributed by atoms with van der Waals surface area (Å²) in [6.07, 6.45) is 1.92. The Kier molecular flexibility index (Phi) is 6.50. The molecular formula is C14H22BrNO2S. The molecule has 0 amide bonds. The van der Waals surface area contributed by atoms with Gasteiger partial charge < -0.3 is 0 Å². The van der Waals surface area contributed by atoms with Gasteiger partial charge in [0.05, 0.1) is 4.90 Å². The van der Waals surface area contributed by atoms with E-state index >= 15 is 0 Å². The van der Waals surface area contributed by atoms with Crippen LogP contribution in [0.3, 0.4) is 0 Å². The quantitative estimate of drug-likeness (QED) is 0.764. The molecule has 1 aromatic carbocycles. The summed E-state index contributed by atoms with van der Waals surface area (Å²) < 4.78 is 27.1. The summed E-state index contributed by atoms with van der Waals surface area (Å²) in [5.74, 6) is 0.522. The molecule has 108 valence electrons. The van der Waals surface area contributed by atoms with Gasteiger partial charge in [-0.3, -0.25) is 0 Å². The molecule has 0 aliphatic carbocycles. The summed E-state index contributed by atoms with van der Waals surface area (Å²) in [5, 5.41) is 0.727. The lowest BCUT2D eigenvalue weighted by atomic mass is 10.0. The highest BCUT2D eigenvalue weighted by Gasteiger charge is 2.18. The maximum Gasteiger partial charge on any atom is 0.240 e. The highest BCUT2D eigenvalue weighted by atomic mass is 79.9. The summed E-state index contributed by atoms with van der Waals surface area (Å²) in [5.41, 5.74) is 1.06. The highest BCUT2D eigenvalue weighted by Crippen LogP contribution is 2.15. The molecule has 0 heterocycles. The second-order valence-corrected chi connectivity index (χ2v) is 7.32. The number of sulfonamides is 1. The standard InChI is InChI=1S/C14H22BrNO2S/c1-4-11(2)9-12(3)16-19(17,18)14-7-5-13(10-15)6-8-14/h5-8,11-12,16H,4,9-10H2,1-3H3. The highest BCUT2D eigenvalue weighted by molar-refractivity contribution is 9.08. The van der Waals surface area contributed by atoms with Crippen LogP contribution in [0.4, 0.5) is 0 Å². The minimum Gasteiger partial charge on any atom is -0.208 e. The number of rotatable bonds is 7. The number of hydrogen-bond acceptors (Lipinski definition) is 2. The van der Waals surface area contributed by atoms with Crippen molar-refractivity contribution in [1.82, 2.24) is 4.72 Å². The molecule has 0 bridgehead atoms. The van der Waals surface area contributed by atoms with Crippen LogP contribution < -0.4 is 4.72 Å². The van der Waals surface area contributed by atoms with Crippen LogP contribution in [0.2, 0.25) is 0 Å². The van der Waals surface area contributed by atoms with Crippen LogP contribution in [0.25, 0.3) is 0 Å². The van der Waals surface area contributed by atoms with Gasteiger partial charge in [0.1, 0.15) is 0 Å². The van der Waals surface area contributed by atoms with E-state index in [0.29, 0.717) is 10.8 Å². The molecule has 2 atom stereocenters. The second-order valence-electron chi connectivity index (χ2n) is 5.05. The first-order chi connectivity index (χ1) is 8.89. The molecule has 0 aromatic heterocycles. The van der Waals surface area contributed by atoms with Gasteiger partial charge in [0.15, 0.2) is 0 Å². The van der Waals surface area contributed by atoms with E-state index in [9.17, 15) is 8.42 Å².